The van der Waals surface area contributed by atoms with E-state index in [0.29, 0.717) is 5.75 Å². The SMILES string of the molecule is N#CC1(NC(=O)CSCC(O)c2ccccc2)CCCC1. The molecule has 1 amide bonds. The van der Waals surface area contributed by atoms with Crippen molar-refractivity contribution < 1.29 is 9.90 Å². The predicted octanol–water partition coefficient (Wildman–Crippen LogP) is 2.41. The summed E-state index contributed by atoms with van der Waals surface area (Å²) in [5, 5.41) is 22.1. The number of nitriles is 1. The van der Waals surface area contributed by atoms with Crippen LogP contribution < -0.4 is 5.32 Å². The summed E-state index contributed by atoms with van der Waals surface area (Å²) < 4.78 is 0. The second kappa shape index (κ2) is 7.48. The minimum Gasteiger partial charge on any atom is -0.388 e. The number of hydrogen-bond acceptors (Lipinski definition) is 4. The number of nitrogens with one attached hydrogen (secondary N) is 1. The third-order valence-electron chi connectivity index (χ3n) is 3.74. The second-order valence-corrected chi connectivity index (χ2v) is 6.42. The van der Waals surface area contributed by atoms with Crippen molar-refractivity contribution >= 4 is 17.7 Å². The number of amides is 1. The Labute approximate surface area is 129 Å². The van der Waals surface area contributed by atoms with Gasteiger partial charge in [0.05, 0.1) is 17.9 Å². The summed E-state index contributed by atoms with van der Waals surface area (Å²) in [6.07, 6.45) is 2.90. The standard InChI is InChI=1S/C16H20N2O2S/c17-12-16(8-4-5-9-16)18-15(20)11-21-10-14(19)13-6-2-1-3-7-13/h1-3,6-7,14,19H,4-5,8-11H2,(H,18,20). The van der Waals surface area contributed by atoms with E-state index in [1.165, 1.54) is 11.8 Å². The molecule has 1 aromatic carbocycles. The fourth-order valence-corrected chi connectivity index (χ4v) is 3.37. The molecule has 0 saturated heterocycles. The van der Waals surface area contributed by atoms with Gasteiger partial charge in [0.25, 0.3) is 0 Å². The second-order valence-electron chi connectivity index (χ2n) is 5.39. The minimum absolute atomic E-state index is 0.122. The van der Waals surface area contributed by atoms with Crippen LogP contribution >= 0.6 is 11.8 Å². The van der Waals surface area contributed by atoms with Crippen LogP contribution in [-0.4, -0.2) is 28.1 Å². The van der Waals surface area contributed by atoms with Crippen molar-refractivity contribution in [2.45, 2.75) is 37.3 Å². The molecule has 1 aliphatic carbocycles. The highest BCUT2D eigenvalue weighted by atomic mass is 32.2. The van der Waals surface area contributed by atoms with Crippen LogP contribution in [0.25, 0.3) is 0 Å². The summed E-state index contributed by atoms with van der Waals surface area (Å²) in [7, 11) is 0. The lowest BCUT2D eigenvalue weighted by Crippen LogP contribution is -2.45. The van der Waals surface area contributed by atoms with Crippen LogP contribution in [-0.2, 0) is 4.79 Å². The quantitative estimate of drug-likeness (QED) is 0.846. The van der Waals surface area contributed by atoms with Crippen LogP contribution in [0.15, 0.2) is 30.3 Å². The van der Waals surface area contributed by atoms with Crippen LogP contribution in [0.3, 0.4) is 0 Å². The number of benzene rings is 1. The van der Waals surface area contributed by atoms with Crippen molar-refractivity contribution in [3.63, 3.8) is 0 Å². The Kier molecular flexibility index (Phi) is 5.66. The van der Waals surface area contributed by atoms with E-state index >= 15 is 0 Å². The Morgan fingerprint density at radius 2 is 2.05 bits per heavy atom. The first-order chi connectivity index (χ1) is 10.2. The zero-order valence-electron chi connectivity index (χ0n) is 11.9. The Hall–Kier alpha value is -1.51. The molecular weight excluding hydrogens is 284 g/mol. The first kappa shape index (κ1) is 15.9. The fraction of sp³-hybridized carbons (Fsp3) is 0.500. The summed E-state index contributed by atoms with van der Waals surface area (Å²) >= 11 is 1.39. The number of aliphatic hydroxyl groups excluding tert-OH is 1. The van der Waals surface area contributed by atoms with Crippen molar-refractivity contribution in [2.75, 3.05) is 11.5 Å². The zero-order chi connectivity index (χ0) is 15.1. The minimum atomic E-state index is -0.657. The van der Waals surface area contributed by atoms with Crippen molar-refractivity contribution in [3.8, 4) is 6.07 Å². The number of thioether (sulfide) groups is 1. The van der Waals surface area contributed by atoms with Crippen LogP contribution in [0.4, 0.5) is 0 Å². The number of rotatable bonds is 6. The lowest BCUT2D eigenvalue weighted by Gasteiger charge is -2.22. The van der Waals surface area contributed by atoms with Gasteiger partial charge in [0.15, 0.2) is 0 Å². The van der Waals surface area contributed by atoms with Crippen molar-refractivity contribution in [2.24, 2.45) is 0 Å². The Morgan fingerprint density at radius 1 is 1.38 bits per heavy atom. The van der Waals surface area contributed by atoms with Crippen LogP contribution in [0.5, 0.6) is 0 Å². The van der Waals surface area contributed by atoms with Gasteiger partial charge >= 0.3 is 0 Å². The lowest BCUT2D eigenvalue weighted by molar-refractivity contribution is -0.119. The van der Waals surface area contributed by atoms with Crippen molar-refractivity contribution in [3.05, 3.63) is 35.9 Å². The summed E-state index contributed by atoms with van der Waals surface area (Å²) in [5.74, 6) is 0.619. The molecule has 0 aromatic heterocycles. The zero-order valence-corrected chi connectivity index (χ0v) is 12.7. The highest BCUT2D eigenvalue weighted by Crippen LogP contribution is 2.29. The normalized spacial score (nSPS) is 17.9. The number of carbonyl (C=O) groups is 1. The van der Waals surface area contributed by atoms with E-state index in [1.54, 1.807) is 0 Å². The molecule has 0 radical (unpaired) electrons. The Bertz CT molecular complexity index is 507. The van der Waals surface area contributed by atoms with E-state index < -0.39 is 11.6 Å². The number of hydrogen-bond donors (Lipinski definition) is 2. The molecule has 0 heterocycles. The van der Waals surface area contributed by atoms with Gasteiger partial charge in [-0.3, -0.25) is 4.79 Å². The molecule has 1 atom stereocenters. The molecule has 1 unspecified atom stereocenters. The average Bonchev–Trinajstić information content (AvgIpc) is 2.97. The maximum atomic E-state index is 11.9. The van der Waals surface area contributed by atoms with Crippen LogP contribution in [0.2, 0.25) is 0 Å². The molecule has 2 N–H and O–H groups in total. The Morgan fingerprint density at radius 3 is 2.67 bits per heavy atom. The molecule has 5 heteroatoms. The van der Waals surface area contributed by atoms with Gasteiger partial charge in [-0.05, 0) is 31.2 Å². The highest BCUT2D eigenvalue weighted by molar-refractivity contribution is 7.99. The van der Waals surface area contributed by atoms with Crippen LogP contribution in [0, 0.1) is 11.3 Å². The van der Waals surface area contributed by atoms with Crippen molar-refractivity contribution in [1.29, 1.82) is 5.26 Å². The topological polar surface area (TPSA) is 73.1 Å². The van der Waals surface area contributed by atoms with E-state index in [1.807, 2.05) is 30.3 Å². The molecular formula is C16H20N2O2S. The van der Waals surface area contributed by atoms with Gasteiger partial charge < -0.3 is 10.4 Å². The number of aliphatic hydroxyl groups is 1. The van der Waals surface area contributed by atoms with E-state index in [2.05, 4.69) is 11.4 Å². The van der Waals surface area contributed by atoms with E-state index in [0.717, 1.165) is 31.2 Å². The molecule has 0 aliphatic heterocycles. The van der Waals surface area contributed by atoms with Gasteiger partial charge in [-0.2, -0.15) is 5.26 Å². The van der Waals surface area contributed by atoms with Gasteiger partial charge in [0.2, 0.25) is 5.91 Å². The monoisotopic (exact) mass is 304 g/mol. The van der Waals surface area contributed by atoms with Gasteiger partial charge in [-0.25, -0.2) is 0 Å². The van der Waals surface area contributed by atoms with E-state index in [9.17, 15) is 15.2 Å². The van der Waals surface area contributed by atoms with E-state index in [-0.39, 0.29) is 11.7 Å². The number of carbonyl (C=O) groups excluding carboxylic acids is 1. The first-order valence-corrected chi connectivity index (χ1v) is 8.34. The Balaban J connectivity index is 1.73. The molecule has 4 nitrogen and oxygen atoms in total. The van der Waals surface area contributed by atoms with Gasteiger partial charge in [-0.15, -0.1) is 11.8 Å². The molecule has 112 valence electrons. The summed E-state index contributed by atoms with van der Waals surface area (Å²) in [5.41, 5.74) is 0.199. The lowest BCUT2D eigenvalue weighted by atomic mass is 10.0. The van der Waals surface area contributed by atoms with Gasteiger partial charge in [-0.1, -0.05) is 30.3 Å². The first-order valence-electron chi connectivity index (χ1n) is 7.18. The van der Waals surface area contributed by atoms with E-state index in [4.69, 9.17) is 0 Å². The molecule has 2 rings (SSSR count). The summed E-state index contributed by atoms with van der Waals surface area (Å²) in [4.78, 5) is 11.9. The summed E-state index contributed by atoms with van der Waals surface area (Å²) in [6, 6.07) is 11.6. The van der Waals surface area contributed by atoms with Gasteiger partial charge in [0.1, 0.15) is 5.54 Å². The third-order valence-corrected chi connectivity index (χ3v) is 4.76. The molecule has 0 bridgehead atoms. The molecule has 1 aromatic rings. The predicted molar refractivity (Wildman–Crippen MR) is 83.7 cm³/mol. The van der Waals surface area contributed by atoms with Gasteiger partial charge in [0, 0.05) is 5.75 Å². The molecule has 1 saturated carbocycles. The largest absolute Gasteiger partial charge is 0.388 e. The molecule has 21 heavy (non-hydrogen) atoms. The molecule has 1 aliphatic rings. The summed E-state index contributed by atoms with van der Waals surface area (Å²) in [6.45, 7) is 0. The highest BCUT2D eigenvalue weighted by Gasteiger charge is 2.35. The smallest absolute Gasteiger partial charge is 0.231 e. The fourth-order valence-electron chi connectivity index (χ4n) is 2.58. The molecule has 1 fully saturated rings. The average molecular weight is 304 g/mol. The van der Waals surface area contributed by atoms with Crippen LogP contribution in [0.1, 0.15) is 37.4 Å². The third kappa shape index (κ3) is 4.48. The van der Waals surface area contributed by atoms with Crippen molar-refractivity contribution in [1.82, 2.24) is 5.32 Å². The maximum Gasteiger partial charge on any atom is 0.231 e. The maximum absolute atomic E-state index is 11.9. The molecule has 0 spiro atoms. The number of nitrogens with zero attached hydrogens (tertiary/aromatic N) is 1.